The Morgan fingerprint density at radius 3 is 2.26 bits per heavy atom. The summed E-state index contributed by atoms with van der Waals surface area (Å²) in [5, 5.41) is 0. The van der Waals surface area contributed by atoms with Crippen molar-refractivity contribution in [3.05, 3.63) is 66.2 Å². The molecule has 4 heteroatoms. The summed E-state index contributed by atoms with van der Waals surface area (Å²) in [4.78, 5) is 0.409. The molecular formula is C19H23NO2S. The number of hydrogen-bond acceptors (Lipinski definition) is 2. The van der Waals surface area contributed by atoms with E-state index in [1.165, 1.54) is 5.56 Å². The van der Waals surface area contributed by atoms with Gasteiger partial charge in [0.15, 0.2) is 0 Å². The lowest BCUT2D eigenvalue weighted by molar-refractivity contribution is 0.241. The molecule has 3 nitrogen and oxygen atoms in total. The van der Waals surface area contributed by atoms with Crippen LogP contribution in [0.5, 0.6) is 0 Å². The third-order valence-corrected chi connectivity index (χ3v) is 6.50. The Morgan fingerprint density at radius 2 is 1.57 bits per heavy atom. The van der Waals surface area contributed by atoms with E-state index in [0.29, 0.717) is 11.4 Å². The molecule has 0 spiro atoms. The summed E-state index contributed by atoms with van der Waals surface area (Å²) < 4.78 is 27.6. The number of nitrogens with zero attached hydrogens (tertiary/aromatic N) is 1. The molecule has 1 aliphatic rings. The molecule has 3 rings (SSSR count). The van der Waals surface area contributed by atoms with Crippen LogP contribution in [0.3, 0.4) is 0 Å². The SMILES string of the molecule is O=S(=O)(c1ccccc1)N1CCCCC1CCc1ccccc1. The van der Waals surface area contributed by atoms with Crippen LogP contribution in [0.2, 0.25) is 0 Å². The van der Waals surface area contributed by atoms with E-state index in [4.69, 9.17) is 0 Å². The number of hydrogen-bond donors (Lipinski definition) is 0. The molecule has 0 radical (unpaired) electrons. The Balaban J connectivity index is 1.76. The molecule has 1 aliphatic heterocycles. The zero-order chi connectivity index (χ0) is 16.1. The summed E-state index contributed by atoms with van der Waals surface area (Å²) in [5.74, 6) is 0. The lowest BCUT2D eigenvalue weighted by atomic mass is 9.98. The number of piperidine rings is 1. The number of aryl methyl sites for hydroxylation is 1. The van der Waals surface area contributed by atoms with Gasteiger partial charge < -0.3 is 0 Å². The van der Waals surface area contributed by atoms with Gasteiger partial charge in [-0.1, -0.05) is 55.0 Å². The van der Waals surface area contributed by atoms with Crippen LogP contribution in [0, 0.1) is 0 Å². The second-order valence-corrected chi connectivity index (χ2v) is 7.99. The summed E-state index contributed by atoms with van der Waals surface area (Å²) >= 11 is 0. The second kappa shape index (κ2) is 7.28. The highest BCUT2D eigenvalue weighted by Gasteiger charge is 2.32. The van der Waals surface area contributed by atoms with E-state index in [9.17, 15) is 8.42 Å². The smallest absolute Gasteiger partial charge is 0.207 e. The molecule has 0 N–H and O–H groups in total. The molecule has 122 valence electrons. The van der Waals surface area contributed by atoms with E-state index < -0.39 is 10.0 Å². The zero-order valence-corrected chi connectivity index (χ0v) is 14.1. The third-order valence-electron chi connectivity index (χ3n) is 4.53. The monoisotopic (exact) mass is 329 g/mol. The van der Waals surface area contributed by atoms with Gasteiger partial charge in [-0.15, -0.1) is 0 Å². The number of sulfonamides is 1. The van der Waals surface area contributed by atoms with E-state index in [1.54, 1.807) is 28.6 Å². The van der Waals surface area contributed by atoms with E-state index in [-0.39, 0.29) is 6.04 Å². The fourth-order valence-electron chi connectivity index (χ4n) is 3.28. The molecule has 1 atom stereocenters. The summed E-state index contributed by atoms with van der Waals surface area (Å²) in [6.45, 7) is 0.636. The van der Waals surface area contributed by atoms with Crippen LogP contribution in [-0.2, 0) is 16.4 Å². The highest BCUT2D eigenvalue weighted by atomic mass is 32.2. The van der Waals surface area contributed by atoms with Gasteiger partial charge >= 0.3 is 0 Å². The minimum atomic E-state index is -3.38. The molecule has 0 bridgehead atoms. The van der Waals surface area contributed by atoms with Crippen LogP contribution < -0.4 is 0 Å². The molecule has 23 heavy (non-hydrogen) atoms. The van der Waals surface area contributed by atoms with Gasteiger partial charge in [0.1, 0.15) is 0 Å². The van der Waals surface area contributed by atoms with E-state index in [2.05, 4.69) is 12.1 Å². The predicted molar refractivity (Wildman–Crippen MR) is 92.7 cm³/mol. The molecule has 0 aromatic heterocycles. The van der Waals surface area contributed by atoms with E-state index in [1.807, 2.05) is 24.3 Å². The van der Waals surface area contributed by atoms with Crippen molar-refractivity contribution < 1.29 is 8.42 Å². The van der Waals surface area contributed by atoms with Crippen molar-refractivity contribution in [3.63, 3.8) is 0 Å². The summed E-state index contributed by atoms with van der Waals surface area (Å²) in [5.41, 5.74) is 1.27. The largest absolute Gasteiger partial charge is 0.243 e. The number of benzene rings is 2. The maximum atomic E-state index is 12.9. The average Bonchev–Trinajstić information content (AvgIpc) is 2.62. The highest BCUT2D eigenvalue weighted by molar-refractivity contribution is 7.89. The molecule has 1 saturated heterocycles. The minimum Gasteiger partial charge on any atom is -0.207 e. The van der Waals surface area contributed by atoms with Crippen molar-refractivity contribution in [3.8, 4) is 0 Å². The molecular weight excluding hydrogens is 306 g/mol. The first kappa shape index (κ1) is 16.2. The fourth-order valence-corrected chi connectivity index (χ4v) is 5.03. The van der Waals surface area contributed by atoms with Gasteiger partial charge in [-0.2, -0.15) is 4.31 Å². The molecule has 0 saturated carbocycles. The van der Waals surface area contributed by atoms with Crippen molar-refractivity contribution in [2.75, 3.05) is 6.54 Å². The van der Waals surface area contributed by atoms with Crippen molar-refractivity contribution >= 4 is 10.0 Å². The van der Waals surface area contributed by atoms with Crippen LogP contribution in [0.4, 0.5) is 0 Å². The first-order valence-corrected chi connectivity index (χ1v) is 9.73. The van der Waals surface area contributed by atoms with Crippen LogP contribution in [0.1, 0.15) is 31.2 Å². The van der Waals surface area contributed by atoms with Gasteiger partial charge in [0, 0.05) is 12.6 Å². The third kappa shape index (κ3) is 3.82. The van der Waals surface area contributed by atoms with Crippen LogP contribution in [0.15, 0.2) is 65.6 Å². The molecule has 1 heterocycles. The van der Waals surface area contributed by atoms with Gasteiger partial charge in [-0.25, -0.2) is 8.42 Å². The summed E-state index contributed by atoms with van der Waals surface area (Å²) in [6, 6.07) is 19.2. The summed E-state index contributed by atoms with van der Waals surface area (Å²) in [7, 11) is -3.38. The maximum absolute atomic E-state index is 12.9. The molecule has 0 amide bonds. The molecule has 1 unspecified atom stereocenters. The topological polar surface area (TPSA) is 37.4 Å². The zero-order valence-electron chi connectivity index (χ0n) is 13.3. The number of rotatable bonds is 5. The molecule has 2 aromatic rings. The molecule has 0 aliphatic carbocycles. The Labute approximate surface area is 139 Å². The van der Waals surface area contributed by atoms with Gasteiger partial charge in [0.2, 0.25) is 10.0 Å². The quantitative estimate of drug-likeness (QED) is 0.835. The van der Waals surface area contributed by atoms with Crippen molar-refractivity contribution in [1.82, 2.24) is 4.31 Å². The van der Waals surface area contributed by atoms with Crippen LogP contribution in [-0.4, -0.2) is 25.3 Å². The van der Waals surface area contributed by atoms with Crippen LogP contribution >= 0.6 is 0 Å². The minimum absolute atomic E-state index is 0.106. The van der Waals surface area contributed by atoms with Crippen molar-refractivity contribution in [2.45, 2.75) is 43.0 Å². The first-order valence-electron chi connectivity index (χ1n) is 8.29. The first-order chi connectivity index (χ1) is 11.2. The Morgan fingerprint density at radius 1 is 0.913 bits per heavy atom. The van der Waals surface area contributed by atoms with Crippen molar-refractivity contribution in [2.24, 2.45) is 0 Å². The molecule has 1 fully saturated rings. The van der Waals surface area contributed by atoms with E-state index >= 15 is 0 Å². The van der Waals surface area contributed by atoms with E-state index in [0.717, 1.165) is 32.1 Å². The normalized spacial score (nSPS) is 19.6. The highest BCUT2D eigenvalue weighted by Crippen LogP contribution is 2.27. The summed E-state index contributed by atoms with van der Waals surface area (Å²) in [6.07, 6.45) is 4.83. The maximum Gasteiger partial charge on any atom is 0.243 e. The van der Waals surface area contributed by atoms with Crippen molar-refractivity contribution in [1.29, 1.82) is 0 Å². The van der Waals surface area contributed by atoms with Crippen LogP contribution in [0.25, 0.3) is 0 Å². The lowest BCUT2D eigenvalue weighted by Crippen LogP contribution is -2.43. The van der Waals surface area contributed by atoms with Gasteiger partial charge in [0.05, 0.1) is 4.90 Å². The second-order valence-electron chi connectivity index (χ2n) is 6.10. The van der Waals surface area contributed by atoms with Gasteiger partial charge in [-0.3, -0.25) is 0 Å². The average molecular weight is 329 g/mol. The Kier molecular flexibility index (Phi) is 5.13. The lowest BCUT2D eigenvalue weighted by Gasteiger charge is -2.34. The molecule has 2 aromatic carbocycles. The Bertz CT molecular complexity index is 714. The standard InChI is InChI=1S/C19H23NO2S/c21-23(22,19-12-5-2-6-13-19)20-16-8-7-11-18(20)15-14-17-9-3-1-4-10-17/h1-6,9-10,12-13,18H,7-8,11,14-16H2. The Hall–Kier alpha value is -1.65. The predicted octanol–water partition coefficient (Wildman–Crippen LogP) is 3.86. The van der Waals surface area contributed by atoms with Gasteiger partial charge in [0.25, 0.3) is 0 Å². The fraction of sp³-hybridized carbons (Fsp3) is 0.368. The van der Waals surface area contributed by atoms with Gasteiger partial charge in [-0.05, 0) is 43.4 Å².